The summed E-state index contributed by atoms with van der Waals surface area (Å²) in [4.78, 5) is 16.0. The van der Waals surface area contributed by atoms with E-state index in [0.29, 0.717) is 23.7 Å². The van der Waals surface area contributed by atoms with E-state index in [1.165, 1.54) is 0 Å². The highest BCUT2D eigenvalue weighted by Crippen LogP contribution is 2.13. The second-order valence-corrected chi connectivity index (χ2v) is 4.35. The zero-order valence-electron chi connectivity index (χ0n) is 11.3. The van der Waals surface area contributed by atoms with Crippen molar-refractivity contribution in [2.75, 3.05) is 0 Å². The number of aromatic nitrogens is 2. The summed E-state index contributed by atoms with van der Waals surface area (Å²) in [5.74, 6) is 0.547. The highest BCUT2D eigenvalue weighted by Gasteiger charge is 2.13. The van der Waals surface area contributed by atoms with Crippen molar-refractivity contribution < 1.29 is 14.1 Å². The number of rotatable bonds is 4. The molecule has 1 aromatic carbocycles. The first-order valence-corrected chi connectivity index (χ1v) is 6.16. The van der Waals surface area contributed by atoms with E-state index in [0.717, 1.165) is 11.1 Å². The summed E-state index contributed by atoms with van der Waals surface area (Å²) in [6.07, 6.45) is 0.689. The number of hydrogen-bond acceptors (Lipinski definition) is 5. The highest BCUT2D eigenvalue weighted by molar-refractivity contribution is 5.91. The number of carbonyl (C=O) groups excluding carboxylic acids is 1. The first kappa shape index (κ1) is 13.3. The molecule has 0 unspecified atom stereocenters. The molecule has 5 nitrogen and oxygen atoms in total. The van der Waals surface area contributed by atoms with Crippen molar-refractivity contribution in [3.05, 3.63) is 46.6 Å². The minimum atomic E-state index is -0.377. The van der Waals surface area contributed by atoms with Gasteiger partial charge in [-0.05, 0) is 25.5 Å². The SMILES string of the molecule is CCc1noc(COC(=O)c2cc(C)ccc2C)n1. The molecule has 0 fully saturated rings. The van der Waals surface area contributed by atoms with Crippen LogP contribution in [0.1, 0.15) is 40.1 Å². The predicted molar refractivity (Wildman–Crippen MR) is 68.7 cm³/mol. The Balaban J connectivity index is 2.03. The topological polar surface area (TPSA) is 65.2 Å². The van der Waals surface area contributed by atoms with Crippen LogP contribution in [0.15, 0.2) is 22.7 Å². The van der Waals surface area contributed by atoms with Crippen LogP contribution in [0, 0.1) is 13.8 Å². The van der Waals surface area contributed by atoms with Gasteiger partial charge in [-0.3, -0.25) is 0 Å². The molecule has 0 aliphatic heterocycles. The first-order valence-electron chi connectivity index (χ1n) is 6.16. The molecule has 2 aromatic rings. The summed E-state index contributed by atoms with van der Waals surface area (Å²) < 4.78 is 10.1. The molecule has 0 radical (unpaired) electrons. The third kappa shape index (κ3) is 3.19. The number of esters is 1. The maximum atomic E-state index is 12.0. The minimum absolute atomic E-state index is 0.000779. The largest absolute Gasteiger partial charge is 0.452 e. The quantitative estimate of drug-likeness (QED) is 0.790. The van der Waals surface area contributed by atoms with Crippen molar-refractivity contribution in [2.45, 2.75) is 33.8 Å². The van der Waals surface area contributed by atoms with Gasteiger partial charge in [0, 0.05) is 6.42 Å². The smallest absolute Gasteiger partial charge is 0.338 e. The van der Waals surface area contributed by atoms with Gasteiger partial charge in [0.05, 0.1) is 5.56 Å². The average Bonchev–Trinajstić information content (AvgIpc) is 2.87. The van der Waals surface area contributed by atoms with E-state index in [2.05, 4.69) is 10.1 Å². The van der Waals surface area contributed by atoms with Gasteiger partial charge in [0.2, 0.25) is 0 Å². The molecule has 1 aromatic heterocycles. The molecule has 0 N–H and O–H groups in total. The molecule has 0 saturated carbocycles. The lowest BCUT2D eigenvalue weighted by molar-refractivity contribution is 0.0429. The maximum Gasteiger partial charge on any atom is 0.338 e. The van der Waals surface area contributed by atoms with Gasteiger partial charge in [0.25, 0.3) is 5.89 Å². The standard InChI is InChI=1S/C14H16N2O3/c1-4-12-15-13(19-16-12)8-18-14(17)11-7-9(2)5-6-10(11)3/h5-7H,4,8H2,1-3H3. The van der Waals surface area contributed by atoms with Crippen LogP contribution >= 0.6 is 0 Å². The summed E-state index contributed by atoms with van der Waals surface area (Å²) in [6.45, 7) is 5.73. The Morgan fingerprint density at radius 3 is 2.84 bits per heavy atom. The lowest BCUT2D eigenvalue weighted by Gasteiger charge is -2.06. The highest BCUT2D eigenvalue weighted by atomic mass is 16.6. The van der Waals surface area contributed by atoms with Crippen LogP contribution in [-0.4, -0.2) is 16.1 Å². The fourth-order valence-corrected chi connectivity index (χ4v) is 1.65. The van der Waals surface area contributed by atoms with Crippen LogP contribution in [0.2, 0.25) is 0 Å². The number of aryl methyl sites for hydroxylation is 3. The normalized spacial score (nSPS) is 10.5. The summed E-state index contributed by atoms with van der Waals surface area (Å²) >= 11 is 0. The fourth-order valence-electron chi connectivity index (χ4n) is 1.65. The van der Waals surface area contributed by atoms with Crippen LogP contribution in [0.5, 0.6) is 0 Å². The van der Waals surface area contributed by atoms with Gasteiger partial charge in [-0.1, -0.05) is 29.8 Å². The molecule has 100 valence electrons. The molecule has 0 amide bonds. The number of carbonyl (C=O) groups is 1. The number of ether oxygens (including phenoxy) is 1. The summed E-state index contributed by atoms with van der Waals surface area (Å²) in [6, 6.07) is 5.66. The Hall–Kier alpha value is -2.17. The van der Waals surface area contributed by atoms with Gasteiger partial charge < -0.3 is 9.26 Å². The van der Waals surface area contributed by atoms with Crippen molar-refractivity contribution in [1.82, 2.24) is 10.1 Å². The molecular weight excluding hydrogens is 244 g/mol. The maximum absolute atomic E-state index is 12.0. The van der Waals surface area contributed by atoms with Crippen molar-refractivity contribution in [3.8, 4) is 0 Å². The third-order valence-corrected chi connectivity index (χ3v) is 2.77. The Labute approximate surface area is 111 Å². The van der Waals surface area contributed by atoms with E-state index in [-0.39, 0.29) is 12.6 Å². The first-order chi connectivity index (χ1) is 9.10. The molecule has 1 heterocycles. The van der Waals surface area contributed by atoms with Gasteiger partial charge >= 0.3 is 5.97 Å². The second kappa shape index (κ2) is 5.65. The Kier molecular flexibility index (Phi) is 3.94. The Morgan fingerprint density at radius 2 is 2.16 bits per heavy atom. The molecule has 0 atom stereocenters. The van der Waals surface area contributed by atoms with Crippen LogP contribution in [-0.2, 0) is 17.8 Å². The summed E-state index contributed by atoms with van der Waals surface area (Å²) in [5.41, 5.74) is 2.47. The number of nitrogens with zero attached hydrogens (tertiary/aromatic N) is 2. The fraction of sp³-hybridized carbons (Fsp3) is 0.357. The van der Waals surface area contributed by atoms with Crippen molar-refractivity contribution >= 4 is 5.97 Å². The van der Waals surface area contributed by atoms with Crippen molar-refractivity contribution in [1.29, 1.82) is 0 Å². The second-order valence-electron chi connectivity index (χ2n) is 4.35. The van der Waals surface area contributed by atoms with E-state index in [4.69, 9.17) is 9.26 Å². The number of benzene rings is 1. The monoisotopic (exact) mass is 260 g/mol. The lowest BCUT2D eigenvalue weighted by Crippen LogP contribution is -2.07. The van der Waals surface area contributed by atoms with Crippen LogP contribution in [0.25, 0.3) is 0 Å². The molecule has 5 heteroatoms. The molecule has 0 saturated heterocycles. The summed E-state index contributed by atoms with van der Waals surface area (Å²) in [7, 11) is 0. The van der Waals surface area contributed by atoms with Gasteiger partial charge in [-0.25, -0.2) is 4.79 Å². The van der Waals surface area contributed by atoms with Gasteiger partial charge in [0.1, 0.15) is 0 Å². The van der Waals surface area contributed by atoms with E-state index < -0.39 is 0 Å². The van der Waals surface area contributed by atoms with Crippen molar-refractivity contribution in [3.63, 3.8) is 0 Å². The van der Waals surface area contributed by atoms with Crippen LogP contribution in [0.3, 0.4) is 0 Å². The molecule has 0 bridgehead atoms. The van der Waals surface area contributed by atoms with Gasteiger partial charge in [0.15, 0.2) is 12.4 Å². The molecule has 19 heavy (non-hydrogen) atoms. The zero-order chi connectivity index (χ0) is 13.8. The molecule has 0 aliphatic carbocycles. The van der Waals surface area contributed by atoms with E-state index in [1.54, 1.807) is 0 Å². The summed E-state index contributed by atoms with van der Waals surface area (Å²) in [5, 5.41) is 3.74. The zero-order valence-corrected chi connectivity index (χ0v) is 11.3. The van der Waals surface area contributed by atoms with Crippen molar-refractivity contribution in [2.24, 2.45) is 0 Å². The predicted octanol–water partition coefficient (Wildman–Crippen LogP) is 2.61. The van der Waals surface area contributed by atoms with Gasteiger partial charge in [-0.15, -0.1) is 0 Å². The average molecular weight is 260 g/mol. The molecule has 0 aliphatic rings. The molecular formula is C14H16N2O3. The van der Waals surface area contributed by atoms with Gasteiger partial charge in [-0.2, -0.15) is 4.98 Å². The Morgan fingerprint density at radius 1 is 1.37 bits per heavy atom. The molecule has 0 spiro atoms. The Bertz CT molecular complexity index is 590. The van der Waals surface area contributed by atoms with Crippen LogP contribution < -0.4 is 0 Å². The van der Waals surface area contributed by atoms with Crippen LogP contribution in [0.4, 0.5) is 0 Å². The van der Waals surface area contributed by atoms with E-state index in [9.17, 15) is 4.79 Å². The molecule has 2 rings (SSSR count). The third-order valence-electron chi connectivity index (χ3n) is 2.77. The van der Waals surface area contributed by atoms with E-state index in [1.807, 2.05) is 39.0 Å². The van der Waals surface area contributed by atoms with E-state index >= 15 is 0 Å². The minimum Gasteiger partial charge on any atom is -0.452 e. The lowest BCUT2D eigenvalue weighted by atomic mass is 10.1. The number of hydrogen-bond donors (Lipinski definition) is 0.